The predicted molar refractivity (Wildman–Crippen MR) is 85.3 cm³/mol. The number of carbonyl (C=O) groups excluding carboxylic acids is 1. The Morgan fingerprint density at radius 1 is 1.30 bits per heavy atom. The smallest absolute Gasteiger partial charge is 0.224 e. The first-order chi connectivity index (χ1) is 11.3. The van der Waals surface area contributed by atoms with Crippen LogP contribution in [0.3, 0.4) is 0 Å². The molecule has 2 atom stereocenters. The van der Waals surface area contributed by atoms with Crippen LogP contribution in [-0.2, 0) is 4.79 Å². The highest BCUT2D eigenvalue weighted by Gasteiger charge is 2.34. The molecule has 1 heterocycles. The van der Waals surface area contributed by atoms with E-state index < -0.39 is 0 Å². The van der Waals surface area contributed by atoms with Gasteiger partial charge in [-0.15, -0.1) is 0 Å². The van der Waals surface area contributed by atoms with Crippen LogP contribution in [0.5, 0.6) is 0 Å². The second-order valence-corrected chi connectivity index (χ2v) is 5.80. The topological polar surface area (TPSA) is 78.9 Å². The Morgan fingerprint density at radius 2 is 2.09 bits per heavy atom. The SMILES string of the molecule is N#CCNC(=O)C1CCCCC1c1ncc(-c2ccccc2)o1. The predicted octanol–water partition coefficient (Wildman–Crippen LogP) is 3.26. The minimum absolute atomic E-state index is 0.0140. The lowest BCUT2D eigenvalue weighted by Crippen LogP contribution is -2.36. The van der Waals surface area contributed by atoms with Gasteiger partial charge in [-0.25, -0.2) is 4.98 Å². The van der Waals surface area contributed by atoms with Crippen LogP contribution in [-0.4, -0.2) is 17.4 Å². The Morgan fingerprint density at radius 3 is 2.87 bits per heavy atom. The molecular weight excluding hydrogens is 290 g/mol. The van der Waals surface area contributed by atoms with Crippen LogP contribution in [0.2, 0.25) is 0 Å². The van der Waals surface area contributed by atoms with E-state index in [1.54, 1.807) is 6.20 Å². The molecule has 118 valence electrons. The van der Waals surface area contributed by atoms with Crippen LogP contribution in [0.1, 0.15) is 37.5 Å². The van der Waals surface area contributed by atoms with Gasteiger partial charge in [-0.1, -0.05) is 43.2 Å². The molecule has 1 aromatic carbocycles. The summed E-state index contributed by atoms with van der Waals surface area (Å²) < 4.78 is 5.94. The number of aromatic nitrogens is 1. The van der Waals surface area contributed by atoms with Crippen LogP contribution in [0.15, 0.2) is 40.9 Å². The van der Waals surface area contributed by atoms with E-state index in [1.807, 2.05) is 36.4 Å². The van der Waals surface area contributed by atoms with Crippen molar-refractivity contribution in [3.63, 3.8) is 0 Å². The van der Waals surface area contributed by atoms with Gasteiger partial charge in [-0.2, -0.15) is 5.26 Å². The van der Waals surface area contributed by atoms with Gasteiger partial charge in [0.2, 0.25) is 5.91 Å². The van der Waals surface area contributed by atoms with Crippen molar-refractivity contribution in [1.29, 1.82) is 5.26 Å². The highest BCUT2D eigenvalue weighted by atomic mass is 16.4. The zero-order valence-electron chi connectivity index (χ0n) is 12.9. The summed E-state index contributed by atoms with van der Waals surface area (Å²) >= 11 is 0. The lowest BCUT2D eigenvalue weighted by Gasteiger charge is -2.28. The summed E-state index contributed by atoms with van der Waals surface area (Å²) in [6.07, 6.45) is 5.51. The molecule has 3 rings (SSSR count). The van der Waals surface area contributed by atoms with E-state index in [9.17, 15) is 4.79 Å². The molecule has 0 spiro atoms. The fourth-order valence-electron chi connectivity index (χ4n) is 3.19. The largest absolute Gasteiger partial charge is 0.440 e. The number of nitrogens with zero attached hydrogens (tertiary/aromatic N) is 2. The zero-order valence-corrected chi connectivity index (χ0v) is 12.9. The molecule has 2 aromatic rings. The number of amides is 1. The maximum atomic E-state index is 12.3. The molecule has 0 saturated heterocycles. The molecule has 1 fully saturated rings. The van der Waals surface area contributed by atoms with Gasteiger partial charge in [0, 0.05) is 17.4 Å². The van der Waals surface area contributed by atoms with Crippen molar-refractivity contribution in [2.75, 3.05) is 6.54 Å². The molecule has 0 aliphatic heterocycles. The molecule has 1 N–H and O–H groups in total. The van der Waals surface area contributed by atoms with Crippen LogP contribution in [0, 0.1) is 17.2 Å². The maximum Gasteiger partial charge on any atom is 0.224 e. The summed E-state index contributed by atoms with van der Waals surface area (Å²) in [6, 6.07) is 11.8. The number of nitrogens with one attached hydrogen (secondary N) is 1. The van der Waals surface area contributed by atoms with Crippen molar-refractivity contribution >= 4 is 5.91 Å². The Balaban J connectivity index is 1.80. The first kappa shape index (κ1) is 15.3. The van der Waals surface area contributed by atoms with Gasteiger partial charge in [0.15, 0.2) is 11.7 Å². The van der Waals surface area contributed by atoms with Crippen LogP contribution >= 0.6 is 0 Å². The standard InChI is InChI=1S/C18H19N3O2/c19-10-11-20-17(22)14-8-4-5-9-15(14)18-21-12-16(23-18)13-6-2-1-3-7-13/h1-3,6-7,12,14-15H,4-5,8-9,11H2,(H,20,22). The summed E-state index contributed by atoms with van der Waals surface area (Å²) in [4.78, 5) is 16.7. The van der Waals surface area contributed by atoms with E-state index >= 15 is 0 Å². The van der Waals surface area contributed by atoms with E-state index in [0.29, 0.717) is 5.89 Å². The summed E-state index contributed by atoms with van der Waals surface area (Å²) in [7, 11) is 0. The summed E-state index contributed by atoms with van der Waals surface area (Å²) in [5, 5.41) is 11.3. The van der Waals surface area contributed by atoms with Crippen molar-refractivity contribution in [3.05, 3.63) is 42.4 Å². The quantitative estimate of drug-likeness (QED) is 0.879. The van der Waals surface area contributed by atoms with Crippen molar-refractivity contribution in [3.8, 4) is 17.4 Å². The number of nitriles is 1. The molecule has 0 radical (unpaired) electrons. The Bertz CT molecular complexity index is 703. The monoisotopic (exact) mass is 309 g/mol. The molecular formula is C18H19N3O2. The number of oxazole rings is 1. The number of carbonyl (C=O) groups is 1. The zero-order chi connectivity index (χ0) is 16.1. The highest BCUT2D eigenvalue weighted by molar-refractivity contribution is 5.79. The van der Waals surface area contributed by atoms with Gasteiger partial charge in [-0.05, 0) is 12.8 Å². The normalized spacial score (nSPS) is 20.7. The highest BCUT2D eigenvalue weighted by Crippen LogP contribution is 2.38. The molecule has 1 aliphatic rings. The average molecular weight is 309 g/mol. The van der Waals surface area contributed by atoms with Crippen LogP contribution in [0.25, 0.3) is 11.3 Å². The van der Waals surface area contributed by atoms with Crippen molar-refractivity contribution in [1.82, 2.24) is 10.3 Å². The molecule has 1 saturated carbocycles. The van der Waals surface area contributed by atoms with Crippen LogP contribution < -0.4 is 5.32 Å². The second kappa shape index (κ2) is 7.10. The van der Waals surface area contributed by atoms with Crippen LogP contribution in [0.4, 0.5) is 0 Å². The molecule has 0 bridgehead atoms. The van der Waals surface area contributed by atoms with Crippen molar-refractivity contribution < 1.29 is 9.21 Å². The Hall–Kier alpha value is -2.61. The number of hydrogen-bond donors (Lipinski definition) is 1. The van der Waals surface area contributed by atoms with E-state index in [0.717, 1.165) is 37.0 Å². The van der Waals surface area contributed by atoms with E-state index in [-0.39, 0.29) is 24.3 Å². The van der Waals surface area contributed by atoms with Gasteiger partial charge >= 0.3 is 0 Å². The fourth-order valence-corrected chi connectivity index (χ4v) is 3.19. The molecule has 5 nitrogen and oxygen atoms in total. The minimum Gasteiger partial charge on any atom is -0.440 e. The van der Waals surface area contributed by atoms with E-state index in [2.05, 4.69) is 10.3 Å². The lowest BCUT2D eigenvalue weighted by molar-refractivity contribution is -0.126. The second-order valence-electron chi connectivity index (χ2n) is 5.80. The van der Waals surface area contributed by atoms with Crippen molar-refractivity contribution in [2.45, 2.75) is 31.6 Å². The summed E-state index contributed by atoms with van der Waals surface area (Å²) in [6.45, 7) is 0.0445. The van der Waals surface area contributed by atoms with E-state index in [1.165, 1.54) is 0 Å². The van der Waals surface area contributed by atoms with Crippen molar-refractivity contribution in [2.24, 2.45) is 5.92 Å². The Kier molecular flexibility index (Phi) is 4.72. The van der Waals surface area contributed by atoms with Gasteiger partial charge in [0.25, 0.3) is 0 Å². The molecule has 23 heavy (non-hydrogen) atoms. The fraction of sp³-hybridized carbons (Fsp3) is 0.389. The van der Waals surface area contributed by atoms with E-state index in [4.69, 9.17) is 9.68 Å². The van der Waals surface area contributed by atoms with Gasteiger partial charge in [-0.3, -0.25) is 4.79 Å². The third kappa shape index (κ3) is 3.42. The maximum absolute atomic E-state index is 12.3. The van der Waals surface area contributed by atoms with Gasteiger partial charge in [0.05, 0.1) is 12.3 Å². The molecule has 5 heteroatoms. The molecule has 1 amide bonds. The lowest BCUT2D eigenvalue weighted by atomic mass is 9.78. The van der Waals surface area contributed by atoms with Gasteiger partial charge < -0.3 is 9.73 Å². The average Bonchev–Trinajstić information content (AvgIpc) is 3.10. The summed E-state index contributed by atoms with van der Waals surface area (Å²) in [5.74, 6) is 1.10. The molecule has 1 aromatic heterocycles. The first-order valence-corrected chi connectivity index (χ1v) is 7.95. The number of hydrogen-bond acceptors (Lipinski definition) is 4. The number of benzene rings is 1. The van der Waals surface area contributed by atoms with Gasteiger partial charge in [0.1, 0.15) is 6.54 Å². The summed E-state index contributed by atoms with van der Waals surface area (Å²) in [5.41, 5.74) is 0.979. The number of rotatable bonds is 4. The minimum atomic E-state index is -0.167. The Labute approximate surface area is 135 Å². The third-order valence-electron chi connectivity index (χ3n) is 4.34. The molecule has 1 aliphatic carbocycles. The molecule has 2 unspecified atom stereocenters. The first-order valence-electron chi connectivity index (χ1n) is 7.95. The third-order valence-corrected chi connectivity index (χ3v) is 4.34.